The molecule has 136 valence electrons. The van der Waals surface area contributed by atoms with Gasteiger partial charge in [-0.1, -0.05) is 18.2 Å². The van der Waals surface area contributed by atoms with Crippen LogP contribution in [0.4, 0.5) is 0 Å². The van der Waals surface area contributed by atoms with E-state index in [-0.39, 0.29) is 4.90 Å². The first-order valence-electron chi connectivity index (χ1n) is 8.02. The zero-order chi connectivity index (χ0) is 18.3. The summed E-state index contributed by atoms with van der Waals surface area (Å²) in [5.41, 5.74) is 1.09. The van der Waals surface area contributed by atoms with Gasteiger partial charge in [-0.15, -0.1) is 0 Å². The molecule has 0 unspecified atom stereocenters. The minimum Gasteiger partial charge on any atom is -0.496 e. The van der Waals surface area contributed by atoms with Gasteiger partial charge in [0.15, 0.2) is 0 Å². The summed E-state index contributed by atoms with van der Waals surface area (Å²) in [5.74, 6) is 1.52. The Morgan fingerprint density at radius 3 is 2.56 bits per heavy atom. The number of hydrogen-bond donors (Lipinski definition) is 1. The Balaban J connectivity index is 1.94. The molecule has 0 saturated carbocycles. The Kier molecular flexibility index (Phi) is 7.52. The summed E-state index contributed by atoms with van der Waals surface area (Å²) in [5, 5.41) is 0. The molecule has 7 heteroatoms. The number of sulfonamides is 1. The smallest absolute Gasteiger partial charge is 0.240 e. The Bertz CT molecular complexity index is 808. The molecule has 0 amide bonds. The van der Waals surface area contributed by atoms with Crippen LogP contribution in [0.25, 0.3) is 0 Å². The van der Waals surface area contributed by atoms with Gasteiger partial charge in [-0.2, -0.15) is 0 Å². The molecule has 0 aliphatic heterocycles. The van der Waals surface area contributed by atoms with Crippen molar-refractivity contribution in [3.63, 3.8) is 0 Å². The largest absolute Gasteiger partial charge is 0.496 e. The third-order valence-electron chi connectivity index (χ3n) is 3.62. The molecule has 0 spiro atoms. The van der Waals surface area contributed by atoms with E-state index < -0.39 is 10.0 Å². The average Bonchev–Trinajstić information content (AvgIpc) is 2.60. The summed E-state index contributed by atoms with van der Waals surface area (Å²) < 4.78 is 38.9. The first-order chi connectivity index (χ1) is 12.0. The molecule has 25 heavy (non-hydrogen) atoms. The fourth-order valence-corrected chi connectivity index (χ4v) is 4.44. The second-order valence-corrected chi connectivity index (χ2v) is 8.27. The molecule has 0 aromatic heterocycles. The molecular formula is C18H22INO4S. The van der Waals surface area contributed by atoms with Gasteiger partial charge < -0.3 is 9.47 Å². The lowest BCUT2D eigenvalue weighted by Crippen LogP contribution is -2.25. The average molecular weight is 475 g/mol. The van der Waals surface area contributed by atoms with Crippen molar-refractivity contribution >= 4 is 32.6 Å². The van der Waals surface area contributed by atoms with Gasteiger partial charge in [0.25, 0.3) is 0 Å². The molecule has 0 bridgehead atoms. The van der Waals surface area contributed by atoms with Crippen LogP contribution < -0.4 is 14.2 Å². The molecule has 0 heterocycles. The lowest BCUT2D eigenvalue weighted by Gasteiger charge is -2.11. The van der Waals surface area contributed by atoms with Crippen molar-refractivity contribution < 1.29 is 17.9 Å². The molecule has 0 fully saturated rings. The van der Waals surface area contributed by atoms with E-state index in [0.717, 1.165) is 21.3 Å². The molecule has 2 aromatic carbocycles. The van der Waals surface area contributed by atoms with Crippen molar-refractivity contribution in [1.29, 1.82) is 0 Å². The highest BCUT2D eigenvalue weighted by Crippen LogP contribution is 2.24. The van der Waals surface area contributed by atoms with Crippen LogP contribution in [0.1, 0.15) is 18.9 Å². The Morgan fingerprint density at radius 2 is 1.88 bits per heavy atom. The highest BCUT2D eigenvalue weighted by atomic mass is 127. The predicted octanol–water partition coefficient (Wildman–Crippen LogP) is 3.61. The van der Waals surface area contributed by atoms with Crippen LogP contribution in [0.3, 0.4) is 0 Å². The standard InChI is InChI=1S/C18H22INO4S/c1-3-24-17-9-5-4-7-14(17)8-6-12-20-25(21,22)15-10-11-18(23-2)16(19)13-15/h4-5,7,9-11,13,20H,3,6,8,12H2,1-2H3. The van der Waals surface area contributed by atoms with Crippen molar-refractivity contribution in [2.75, 3.05) is 20.3 Å². The number of benzene rings is 2. The Hall–Kier alpha value is -1.32. The van der Waals surface area contributed by atoms with Crippen LogP contribution in [-0.2, 0) is 16.4 Å². The molecule has 5 nitrogen and oxygen atoms in total. The number of aryl methyl sites for hydroxylation is 1. The first-order valence-corrected chi connectivity index (χ1v) is 10.6. The van der Waals surface area contributed by atoms with Gasteiger partial charge in [0, 0.05) is 6.54 Å². The van der Waals surface area contributed by atoms with Crippen LogP contribution in [0.2, 0.25) is 0 Å². The maximum absolute atomic E-state index is 12.4. The summed E-state index contributed by atoms with van der Waals surface area (Å²) in [4.78, 5) is 0.243. The summed E-state index contributed by atoms with van der Waals surface area (Å²) in [6.07, 6.45) is 1.44. The summed E-state index contributed by atoms with van der Waals surface area (Å²) >= 11 is 2.06. The second kappa shape index (κ2) is 9.40. The quantitative estimate of drug-likeness (QED) is 0.445. The SMILES string of the molecule is CCOc1ccccc1CCCNS(=O)(=O)c1ccc(OC)c(I)c1. The number of hydrogen-bond acceptors (Lipinski definition) is 4. The number of rotatable bonds is 9. The monoisotopic (exact) mass is 475 g/mol. The second-order valence-electron chi connectivity index (χ2n) is 5.34. The Morgan fingerprint density at radius 1 is 1.12 bits per heavy atom. The van der Waals surface area contributed by atoms with E-state index in [9.17, 15) is 8.42 Å². The van der Waals surface area contributed by atoms with Gasteiger partial charge in [-0.3, -0.25) is 0 Å². The number of para-hydroxylation sites is 1. The highest BCUT2D eigenvalue weighted by molar-refractivity contribution is 14.1. The highest BCUT2D eigenvalue weighted by Gasteiger charge is 2.15. The fraction of sp³-hybridized carbons (Fsp3) is 0.333. The lowest BCUT2D eigenvalue weighted by atomic mass is 10.1. The third-order valence-corrected chi connectivity index (χ3v) is 5.92. The molecule has 0 saturated heterocycles. The number of methoxy groups -OCH3 is 1. The van der Waals surface area contributed by atoms with Crippen LogP contribution in [0.5, 0.6) is 11.5 Å². The van der Waals surface area contributed by atoms with E-state index in [1.54, 1.807) is 25.3 Å². The summed E-state index contributed by atoms with van der Waals surface area (Å²) in [6, 6.07) is 12.6. The number of ether oxygens (including phenoxy) is 2. The molecule has 0 aliphatic carbocycles. The van der Waals surface area contributed by atoms with Crippen molar-refractivity contribution in [2.45, 2.75) is 24.7 Å². The first kappa shape index (κ1) is 20.0. The maximum atomic E-state index is 12.4. The van der Waals surface area contributed by atoms with E-state index in [2.05, 4.69) is 27.3 Å². The van der Waals surface area contributed by atoms with E-state index >= 15 is 0 Å². The molecule has 2 rings (SSSR count). The van der Waals surface area contributed by atoms with Crippen LogP contribution in [0, 0.1) is 3.57 Å². The zero-order valence-electron chi connectivity index (χ0n) is 14.3. The maximum Gasteiger partial charge on any atom is 0.240 e. The minimum absolute atomic E-state index is 0.243. The van der Waals surface area contributed by atoms with Gasteiger partial charge in [0.05, 0.1) is 22.2 Å². The van der Waals surface area contributed by atoms with E-state index in [4.69, 9.17) is 9.47 Å². The van der Waals surface area contributed by atoms with Gasteiger partial charge in [0.2, 0.25) is 10.0 Å². The normalized spacial score (nSPS) is 11.3. The van der Waals surface area contributed by atoms with Gasteiger partial charge in [-0.05, 0) is 72.2 Å². The number of nitrogens with one attached hydrogen (secondary N) is 1. The van der Waals surface area contributed by atoms with Gasteiger partial charge >= 0.3 is 0 Å². The van der Waals surface area contributed by atoms with Crippen LogP contribution >= 0.6 is 22.6 Å². The van der Waals surface area contributed by atoms with Crippen LogP contribution in [0.15, 0.2) is 47.4 Å². The van der Waals surface area contributed by atoms with Gasteiger partial charge in [0.1, 0.15) is 11.5 Å². The minimum atomic E-state index is -3.52. The third kappa shape index (κ3) is 5.58. The van der Waals surface area contributed by atoms with E-state index in [1.807, 2.05) is 31.2 Å². The summed E-state index contributed by atoms with van der Waals surface area (Å²) in [7, 11) is -1.96. The summed E-state index contributed by atoms with van der Waals surface area (Å²) in [6.45, 7) is 2.92. The molecule has 0 atom stereocenters. The molecular weight excluding hydrogens is 453 g/mol. The fourth-order valence-electron chi connectivity index (χ4n) is 2.39. The Labute approximate surface area is 162 Å². The lowest BCUT2D eigenvalue weighted by molar-refractivity contribution is 0.336. The van der Waals surface area contributed by atoms with Gasteiger partial charge in [-0.25, -0.2) is 13.1 Å². The predicted molar refractivity (Wildman–Crippen MR) is 107 cm³/mol. The number of halogens is 1. The van der Waals surface area contributed by atoms with Crippen molar-refractivity contribution in [3.8, 4) is 11.5 Å². The zero-order valence-corrected chi connectivity index (χ0v) is 17.3. The van der Waals surface area contributed by atoms with Crippen LogP contribution in [-0.4, -0.2) is 28.7 Å². The molecule has 0 radical (unpaired) electrons. The molecule has 2 aromatic rings. The van der Waals surface area contributed by atoms with E-state index in [1.165, 1.54) is 0 Å². The molecule has 1 N–H and O–H groups in total. The topological polar surface area (TPSA) is 64.6 Å². The molecule has 0 aliphatic rings. The van der Waals surface area contributed by atoms with E-state index in [0.29, 0.717) is 25.3 Å². The van der Waals surface area contributed by atoms with Crippen molar-refractivity contribution in [1.82, 2.24) is 4.72 Å². The van der Waals surface area contributed by atoms with Crippen molar-refractivity contribution in [3.05, 3.63) is 51.6 Å². The van der Waals surface area contributed by atoms with Crippen molar-refractivity contribution in [2.24, 2.45) is 0 Å².